The van der Waals surface area contributed by atoms with Crippen LogP contribution in [0.3, 0.4) is 0 Å². The van der Waals surface area contributed by atoms with E-state index < -0.39 is 18.5 Å². The molecule has 9 heteroatoms. The summed E-state index contributed by atoms with van der Waals surface area (Å²) >= 11 is 0. The van der Waals surface area contributed by atoms with Gasteiger partial charge in [0.15, 0.2) is 0 Å². The average molecular weight is 314 g/mol. The van der Waals surface area contributed by atoms with Gasteiger partial charge in [0.2, 0.25) is 0 Å². The lowest BCUT2D eigenvalue weighted by Gasteiger charge is -1.92. The van der Waals surface area contributed by atoms with Crippen molar-refractivity contribution in [1.29, 1.82) is 0 Å². The first-order valence-corrected chi connectivity index (χ1v) is 5.36. The van der Waals surface area contributed by atoms with Crippen LogP contribution in [0.25, 0.3) is 10.8 Å². The van der Waals surface area contributed by atoms with Crippen LogP contribution >= 0.6 is 0 Å². The van der Waals surface area contributed by atoms with Crippen molar-refractivity contribution in [3.8, 4) is 0 Å². The molecule has 0 heterocycles. The van der Waals surface area contributed by atoms with Crippen LogP contribution in [0.15, 0.2) is 48.5 Å². The van der Waals surface area contributed by atoms with Gasteiger partial charge in [-0.3, -0.25) is 0 Å². The summed E-state index contributed by atoms with van der Waals surface area (Å²) in [6.45, 7) is 0. The maximum atomic E-state index is 8.56. The lowest BCUT2D eigenvalue weighted by atomic mass is 10.1. The maximum Gasteiger partial charge on any atom is 0.503 e. The first kappa shape index (κ1) is 20.8. The molecule has 2 rings (SSSR count). The number of carboxylic acid groups (broad SMARTS) is 6. The Hall–Kier alpha value is -3.49. The molecule has 0 saturated carbocycles. The predicted molar refractivity (Wildman–Crippen MR) is 75.9 cm³/mol. The highest BCUT2D eigenvalue weighted by Crippen LogP contribution is 2.11. The van der Waals surface area contributed by atoms with Gasteiger partial charge in [-0.25, -0.2) is 14.4 Å². The van der Waals surface area contributed by atoms with Crippen molar-refractivity contribution in [2.24, 2.45) is 0 Å². The zero-order valence-electron chi connectivity index (χ0n) is 11.0. The Kier molecular flexibility index (Phi) is 11.9. The van der Waals surface area contributed by atoms with E-state index in [1.165, 1.54) is 10.8 Å². The van der Waals surface area contributed by atoms with E-state index in [4.69, 9.17) is 45.0 Å². The Balaban J connectivity index is 0. The van der Waals surface area contributed by atoms with Crippen molar-refractivity contribution >= 4 is 29.2 Å². The third-order valence-corrected chi connectivity index (χ3v) is 1.66. The van der Waals surface area contributed by atoms with Crippen LogP contribution in [-0.2, 0) is 0 Å². The molecule has 0 bridgehead atoms. The molecule has 2 aromatic rings. The van der Waals surface area contributed by atoms with E-state index in [9.17, 15) is 0 Å². The van der Waals surface area contributed by atoms with Gasteiger partial charge in [0.05, 0.1) is 0 Å². The van der Waals surface area contributed by atoms with Crippen LogP contribution in [0.5, 0.6) is 0 Å². The minimum atomic E-state index is -1.83. The molecule has 2 aromatic carbocycles. The first-order chi connectivity index (χ1) is 10.2. The standard InChI is InChI=1S/C10H8.3CH2O3/c1-2-6-10-8-4-3-7-9(10)5-1;3*2-1(3)4/h1-8H;3*(H2,2,3,4). The van der Waals surface area contributed by atoms with E-state index in [0.29, 0.717) is 0 Å². The number of carbonyl (C=O) groups is 3. The van der Waals surface area contributed by atoms with Crippen molar-refractivity contribution < 1.29 is 45.0 Å². The Labute approximate surface area is 123 Å². The second kappa shape index (κ2) is 12.5. The smallest absolute Gasteiger partial charge is 0.450 e. The fraction of sp³-hybridized carbons (Fsp3) is 0. The normalized spacial score (nSPS) is 7.82. The number of hydrogen-bond acceptors (Lipinski definition) is 3. The van der Waals surface area contributed by atoms with E-state index in [2.05, 4.69) is 48.5 Å². The molecule has 0 fully saturated rings. The maximum absolute atomic E-state index is 8.56. The first-order valence-electron chi connectivity index (χ1n) is 5.36. The van der Waals surface area contributed by atoms with Crippen molar-refractivity contribution in [3.05, 3.63) is 48.5 Å². The van der Waals surface area contributed by atoms with Gasteiger partial charge in [0.25, 0.3) is 0 Å². The van der Waals surface area contributed by atoms with E-state index in [0.717, 1.165) is 0 Å². The monoisotopic (exact) mass is 314 g/mol. The molecule has 0 amide bonds. The highest BCUT2D eigenvalue weighted by Gasteiger charge is 1.85. The van der Waals surface area contributed by atoms with Gasteiger partial charge < -0.3 is 30.6 Å². The third-order valence-electron chi connectivity index (χ3n) is 1.66. The van der Waals surface area contributed by atoms with Crippen LogP contribution in [0.1, 0.15) is 0 Å². The summed E-state index contributed by atoms with van der Waals surface area (Å²) in [7, 11) is 0. The van der Waals surface area contributed by atoms with Crippen LogP contribution in [0.2, 0.25) is 0 Å². The fourth-order valence-electron chi connectivity index (χ4n) is 1.13. The Morgan fingerprint density at radius 1 is 0.500 bits per heavy atom. The Morgan fingerprint density at radius 2 is 0.636 bits per heavy atom. The van der Waals surface area contributed by atoms with Gasteiger partial charge in [0.1, 0.15) is 0 Å². The highest BCUT2D eigenvalue weighted by molar-refractivity contribution is 5.82. The van der Waals surface area contributed by atoms with Crippen LogP contribution in [0.4, 0.5) is 14.4 Å². The average Bonchev–Trinajstić information content (AvgIpc) is 2.37. The summed E-state index contributed by atoms with van der Waals surface area (Å²) in [5, 5.41) is 44.5. The zero-order chi connectivity index (χ0) is 17.5. The molecule has 0 aliphatic heterocycles. The van der Waals surface area contributed by atoms with Gasteiger partial charge in [-0.1, -0.05) is 48.5 Å². The zero-order valence-corrected chi connectivity index (χ0v) is 11.0. The summed E-state index contributed by atoms with van der Waals surface area (Å²) in [5.74, 6) is 0. The van der Waals surface area contributed by atoms with Gasteiger partial charge in [-0.05, 0) is 10.8 Å². The Morgan fingerprint density at radius 3 is 0.773 bits per heavy atom. The summed E-state index contributed by atoms with van der Waals surface area (Å²) in [6, 6.07) is 16.7. The molecule has 0 aliphatic rings. The van der Waals surface area contributed by atoms with Gasteiger partial charge in [0, 0.05) is 0 Å². The van der Waals surface area contributed by atoms with Crippen molar-refractivity contribution in [1.82, 2.24) is 0 Å². The molecule has 0 radical (unpaired) electrons. The molecule has 0 aliphatic carbocycles. The minimum absolute atomic E-state index is 1.31. The second-order valence-electron chi connectivity index (χ2n) is 3.19. The molecule has 6 N–H and O–H groups in total. The fourth-order valence-corrected chi connectivity index (χ4v) is 1.13. The SMILES string of the molecule is O=C(O)O.O=C(O)O.O=C(O)O.c1ccc2ccccc2c1. The molecule has 120 valence electrons. The number of benzene rings is 2. The van der Waals surface area contributed by atoms with E-state index in [1.807, 2.05) is 0 Å². The second-order valence-corrected chi connectivity index (χ2v) is 3.19. The lowest BCUT2D eigenvalue weighted by molar-refractivity contribution is 0.135. The number of fused-ring (bicyclic) bond motifs is 1. The molecule has 22 heavy (non-hydrogen) atoms. The summed E-state index contributed by atoms with van der Waals surface area (Å²) in [5.41, 5.74) is 0. The van der Waals surface area contributed by atoms with E-state index in [-0.39, 0.29) is 0 Å². The van der Waals surface area contributed by atoms with Crippen LogP contribution in [0, 0.1) is 0 Å². The summed E-state index contributed by atoms with van der Waals surface area (Å²) in [6.07, 6.45) is -5.50. The molecule has 0 unspecified atom stereocenters. The molecule has 9 nitrogen and oxygen atoms in total. The largest absolute Gasteiger partial charge is 0.503 e. The van der Waals surface area contributed by atoms with Gasteiger partial charge in [-0.15, -0.1) is 0 Å². The van der Waals surface area contributed by atoms with Crippen LogP contribution < -0.4 is 0 Å². The van der Waals surface area contributed by atoms with Gasteiger partial charge >= 0.3 is 18.5 Å². The highest BCUT2D eigenvalue weighted by atomic mass is 16.6. The molecule has 0 spiro atoms. The Bertz CT molecular complexity index is 489. The lowest BCUT2D eigenvalue weighted by Crippen LogP contribution is -1.81. The predicted octanol–water partition coefficient (Wildman–Crippen LogP) is 3.51. The summed E-state index contributed by atoms with van der Waals surface area (Å²) < 4.78 is 0. The molecule has 0 aromatic heterocycles. The third kappa shape index (κ3) is 18.9. The van der Waals surface area contributed by atoms with Crippen molar-refractivity contribution in [2.75, 3.05) is 0 Å². The van der Waals surface area contributed by atoms with E-state index in [1.54, 1.807) is 0 Å². The summed E-state index contributed by atoms with van der Waals surface area (Å²) in [4.78, 5) is 25.7. The quantitative estimate of drug-likeness (QED) is 0.425. The minimum Gasteiger partial charge on any atom is -0.450 e. The molecule has 0 atom stereocenters. The molecule has 0 saturated heterocycles. The number of hydrogen-bond donors (Lipinski definition) is 6. The molecular formula is C13H14O9. The van der Waals surface area contributed by atoms with E-state index >= 15 is 0 Å². The van der Waals surface area contributed by atoms with Gasteiger partial charge in [-0.2, -0.15) is 0 Å². The van der Waals surface area contributed by atoms with Crippen molar-refractivity contribution in [2.45, 2.75) is 0 Å². The van der Waals surface area contributed by atoms with Crippen molar-refractivity contribution in [3.63, 3.8) is 0 Å². The number of rotatable bonds is 0. The van der Waals surface area contributed by atoms with Crippen LogP contribution in [-0.4, -0.2) is 49.1 Å². The topological polar surface area (TPSA) is 173 Å². The molecular weight excluding hydrogens is 300 g/mol.